The molecule has 5 heteroatoms. The van der Waals surface area contributed by atoms with Crippen molar-refractivity contribution >= 4 is 16.9 Å². The van der Waals surface area contributed by atoms with Crippen LogP contribution in [0, 0.1) is 5.92 Å². The van der Waals surface area contributed by atoms with E-state index in [0.717, 1.165) is 47.5 Å². The van der Waals surface area contributed by atoms with E-state index in [1.807, 2.05) is 48.5 Å². The second-order valence-corrected chi connectivity index (χ2v) is 7.78. The maximum Gasteiger partial charge on any atom is 0.287 e. The van der Waals surface area contributed by atoms with Crippen LogP contribution in [0.5, 0.6) is 5.75 Å². The predicted octanol–water partition coefficient (Wildman–Crippen LogP) is 3.93. The number of hydrogen-bond acceptors (Lipinski definition) is 4. The number of fused-ring (bicyclic) bond motifs is 4. The van der Waals surface area contributed by atoms with Gasteiger partial charge >= 0.3 is 0 Å². The van der Waals surface area contributed by atoms with Crippen molar-refractivity contribution in [1.82, 2.24) is 10.2 Å². The fraction of sp³-hybridized carbons (Fsp3) is 0.348. The van der Waals surface area contributed by atoms with Gasteiger partial charge in [-0.1, -0.05) is 30.3 Å². The van der Waals surface area contributed by atoms with Gasteiger partial charge in [0.1, 0.15) is 11.3 Å². The number of furan rings is 1. The lowest BCUT2D eigenvalue weighted by molar-refractivity contribution is 0.0607. The SMILES string of the molecule is COc1cccc(-c2cccc3cc(C(=O)N[C@H]4CN5CCC4CC5)oc23)c1. The van der Waals surface area contributed by atoms with Gasteiger partial charge in [-0.15, -0.1) is 0 Å². The fourth-order valence-corrected chi connectivity index (χ4v) is 4.56. The number of carbonyl (C=O) groups excluding carboxylic acids is 1. The van der Waals surface area contributed by atoms with Crippen LogP contribution in [0.3, 0.4) is 0 Å². The van der Waals surface area contributed by atoms with Crippen molar-refractivity contribution < 1.29 is 13.9 Å². The number of rotatable bonds is 4. The summed E-state index contributed by atoms with van der Waals surface area (Å²) in [5.74, 6) is 1.64. The topological polar surface area (TPSA) is 54.7 Å². The van der Waals surface area contributed by atoms with E-state index in [1.165, 1.54) is 12.8 Å². The number of carbonyl (C=O) groups is 1. The van der Waals surface area contributed by atoms with E-state index >= 15 is 0 Å². The van der Waals surface area contributed by atoms with Gasteiger partial charge in [0.15, 0.2) is 5.76 Å². The molecule has 3 aliphatic heterocycles. The first kappa shape index (κ1) is 17.3. The average molecular weight is 376 g/mol. The summed E-state index contributed by atoms with van der Waals surface area (Å²) < 4.78 is 11.4. The van der Waals surface area contributed by atoms with Crippen LogP contribution >= 0.6 is 0 Å². The Labute approximate surface area is 164 Å². The van der Waals surface area contributed by atoms with Gasteiger partial charge in [-0.2, -0.15) is 0 Å². The molecule has 0 saturated carbocycles. The Bertz CT molecular complexity index is 1020. The molecule has 3 fully saturated rings. The summed E-state index contributed by atoms with van der Waals surface area (Å²) in [6, 6.07) is 15.9. The maximum atomic E-state index is 12.9. The molecule has 6 rings (SSSR count). The molecular weight excluding hydrogens is 352 g/mol. The number of benzene rings is 2. The lowest BCUT2D eigenvalue weighted by atomic mass is 9.84. The summed E-state index contributed by atoms with van der Waals surface area (Å²) in [6.07, 6.45) is 2.34. The fourth-order valence-electron chi connectivity index (χ4n) is 4.56. The van der Waals surface area contributed by atoms with Crippen molar-refractivity contribution in [3.8, 4) is 16.9 Å². The van der Waals surface area contributed by atoms with Crippen LogP contribution in [0.4, 0.5) is 0 Å². The molecule has 1 amide bonds. The molecular formula is C23H24N2O3. The minimum Gasteiger partial charge on any atom is -0.497 e. The Morgan fingerprint density at radius 2 is 1.96 bits per heavy atom. The van der Waals surface area contributed by atoms with E-state index in [1.54, 1.807) is 7.11 Å². The highest BCUT2D eigenvalue weighted by Gasteiger charge is 2.35. The highest BCUT2D eigenvalue weighted by atomic mass is 16.5. The average Bonchev–Trinajstić information content (AvgIpc) is 3.19. The van der Waals surface area contributed by atoms with Crippen LogP contribution in [-0.2, 0) is 0 Å². The number of hydrogen-bond donors (Lipinski definition) is 1. The molecule has 144 valence electrons. The standard InChI is InChI=1S/C23H24N2O3/c1-27-18-6-2-4-16(12-18)19-7-3-5-17-13-21(28-22(17)19)23(26)24-20-14-25-10-8-15(20)9-11-25/h2-7,12-13,15,20H,8-11,14H2,1H3,(H,24,26)/t20-/m0/s1. The van der Waals surface area contributed by atoms with Crippen LogP contribution in [0.25, 0.3) is 22.1 Å². The lowest BCUT2D eigenvalue weighted by Crippen LogP contribution is -2.57. The van der Waals surface area contributed by atoms with Gasteiger partial charge < -0.3 is 19.4 Å². The number of para-hydroxylation sites is 1. The van der Waals surface area contributed by atoms with Crippen LogP contribution < -0.4 is 10.1 Å². The van der Waals surface area contributed by atoms with E-state index in [0.29, 0.717) is 11.7 Å². The Hall–Kier alpha value is -2.79. The Morgan fingerprint density at radius 3 is 2.71 bits per heavy atom. The quantitative estimate of drug-likeness (QED) is 0.750. The zero-order valence-electron chi connectivity index (χ0n) is 16.0. The summed E-state index contributed by atoms with van der Waals surface area (Å²) in [6.45, 7) is 3.27. The summed E-state index contributed by atoms with van der Waals surface area (Å²) in [4.78, 5) is 15.3. The molecule has 0 radical (unpaired) electrons. The van der Waals surface area contributed by atoms with Crippen molar-refractivity contribution in [2.45, 2.75) is 18.9 Å². The first-order valence-electron chi connectivity index (χ1n) is 9.91. The van der Waals surface area contributed by atoms with E-state index in [9.17, 15) is 4.79 Å². The van der Waals surface area contributed by atoms with Crippen LogP contribution in [0.15, 0.2) is 52.9 Å². The van der Waals surface area contributed by atoms with Crippen LogP contribution in [0.1, 0.15) is 23.4 Å². The van der Waals surface area contributed by atoms with Crippen molar-refractivity contribution in [1.29, 1.82) is 0 Å². The zero-order valence-corrected chi connectivity index (χ0v) is 16.0. The van der Waals surface area contributed by atoms with Gasteiger partial charge in [0.2, 0.25) is 0 Å². The van der Waals surface area contributed by atoms with Gasteiger partial charge in [0, 0.05) is 23.5 Å². The third kappa shape index (κ3) is 3.06. The summed E-state index contributed by atoms with van der Waals surface area (Å²) in [5.41, 5.74) is 2.69. The third-order valence-corrected chi connectivity index (χ3v) is 6.12. The van der Waals surface area contributed by atoms with E-state index in [4.69, 9.17) is 9.15 Å². The lowest BCUT2D eigenvalue weighted by Gasteiger charge is -2.44. The van der Waals surface area contributed by atoms with E-state index < -0.39 is 0 Å². The van der Waals surface area contributed by atoms with Gasteiger partial charge in [-0.05, 0) is 55.6 Å². The number of methoxy groups -OCH3 is 1. The molecule has 3 aliphatic rings. The molecule has 3 aromatic rings. The van der Waals surface area contributed by atoms with Gasteiger partial charge in [0.05, 0.1) is 7.11 Å². The molecule has 1 aromatic heterocycles. The number of nitrogens with zero attached hydrogens (tertiary/aromatic N) is 1. The molecule has 28 heavy (non-hydrogen) atoms. The van der Waals surface area contributed by atoms with Crippen molar-refractivity contribution in [3.63, 3.8) is 0 Å². The summed E-state index contributed by atoms with van der Waals surface area (Å²) in [7, 11) is 1.66. The largest absolute Gasteiger partial charge is 0.497 e. The van der Waals surface area contributed by atoms with Crippen LogP contribution in [0.2, 0.25) is 0 Å². The third-order valence-electron chi connectivity index (χ3n) is 6.12. The van der Waals surface area contributed by atoms with E-state index in [2.05, 4.69) is 10.2 Å². The molecule has 1 N–H and O–H groups in total. The second-order valence-electron chi connectivity index (χ2n) is 7.78. The highest BCUT2D eigenvalue weighted by molar-refractivity contribution is 6.00. The normalized spacial score (nSPS) is 23.7. The molecule has 0 aliphatic carbocycles. The number of ether oxygens (including phenoxy) is 1. The summed E-state index contributed by atoms with van der Waals surface area (Å²) >= 11 is 0. The van der Waals surface area contributed by atoms with Crippen LogP contribution in [-0.4, -0.2) is 43.6 Å². The molecule has 2 bridgehead atoms. The minimum absolute atomic E-state index is 0.119. The van der Waals surface area contributed by atoms with E-state index in [-0.39, 0.29) is 11.9 Å². The van der Waals surface area contributed by atoms with Gasteiger partial charge in [-0.3, -0.25) is 4.79 Å². The Kier molecular flexibility index (Phi) is 4.32. The molecule has 0 unspecified atom stereocenters. The second kappa shape index (κ2) is 6.99. The smallest absolute Gasteiger partial charge is 0.287 e. The molecule has 4 heterocycles. The van der Waals surface area contributed by atoms with Crippen molar-refractivity contribution in [2.75, 3.05) is 26.7 Å². The number of nitrogens with one attached hydrogen (secondary N) is 1. The zero-order chi connectivity index (χ0) is 19.1. The molecule has 5 nitrogen and oxygen atoms in total. The molecule has 0 spiro atoms. The Morgan fingerprint density at radius 1 is 1.14 bits per heavy atom. The van der Waals surface area contributed by atoms with Gasteiger partial charge in [0.25, 0.3) is 5.91 Å². The van der Waals surface area contributed by atoms with Crippen molar-refractivity contribution in [2.24, 2.45) is 5.92 Å². The predicted molar refractivity (Wildman–Crippen MR) is 109 cm³/mol. The minimum atomic E-state index is -0.119. The first-order chi connectivity index (χ1) is 13.7. The van der Waals surface area contributed by atoms with Crippen molar-refractivity contribution in [3.05, 3.63) is 54.3 Å². The molecule has 1 atom stereocenters. The van der Waals surface area contributed by atoms with Gasteiger partial charge in [-0.25, -0.2) is 0 Å². The monoisotopic (exact) mass is 376 g/mol. The number of amides is 1. The molecule has 2 aromatic carbocycles. The highest BCUT2D eigenvalue weighted by Crippen LogP contribution is 2.33. The summed E-state index contributed by atoms with van der Waals surface area (Å²) in [5, 5.41) is 4.14. The molecule has 3 saturated heterocycles. The number of piperidine rings is 3. The Balaban J connectivity index is 1.44. The maximum absolute atomic E-state index is 12.9. The first-order valence-corrected chi connectivity index (χ1v) is 9.91.